The molecule has 0 saturated carbocycles. The summed E-state index contributed by atoms with van der Waals surface area (Å²) in [5, 5.41) is -0.248. The largest absolute Gasteiger partial charge is 0.473 e. The van der Waals surface area contributed by atoms with Gasteiger partial charge < -0.3 is 9.64 Å². The van der Waals surface area contributed by atoms with Crippen molar-refractivity contribution in [1.29, 1.82) is 0 Å². The molecule has 3 aromatic rings. The Morgan fingerprint density at radius 1 is 1.22 bits per heavy atom. The minimum atomic E-state index is -4.35. The van der Waals surface area contributed by atoms with Crippen molar-refractivity contribution in [2.24, 2.45) is 5.92 Å². The van der Waals surface area contributed by atoms with Gasteiger partial charge in [0.2, 0.25) is 5.88 Å². The van der Waals surface area contributed by atoms with Gasteiger partial charge in [-0.25, -0.2) is 14.1 Å². The van der Waals surface area contributed by atoms with Gasteiger partial charge in [-0.2, -0.15) is 13.4 Å². The summed E-state index contributed by atoms with van der Waals surface area (Å²) in [5.41, 5.74) is 0.0198. The predicted molar refractivity (Wildman–Crippen MR) is 134 cm³/mol. The van der Waals surface area contributed by atoms with Crippen LogP contribution in [0, 0.1) is 11.7 Å². The average Bonchev–Trinajstić information content (AvgIpc) is 3.10. The first-order chi connectivity index (χ1) is 17.0. The van der Waals surface area contributed by atoms with E-state index in [0.717, 1.165) is 6.42 Å². The molecule has 1 amide bonds. The molecule has 1 N–H and O–H groups in total. The topological polar surface area (TPSA) is 101 Å². The number of sulfonamides is 1. The zero-order chi connectivity index (χ0) is 26.1. The van der Waals surface area contributed by atoms with E-state index in [4.69, 9.17) is 16.3 Å². The van der Waals surface area contributed by atoms with E-state index >= 15 is 0 Å². The highest BCUT2D eigenvalue weighted by molar-refractivity contribution is 7.90. The Kier molecular flexibility index (Phi) is 7.19. The van der Waals surface area contributed by atoms with Gasteiger partial charge in [-0.05, 0) is 56.5 Å². The van der Waals surface area contributed by atoms with Crippen LogP contribution in [-0.4, -0.2) is 36.4 Å². The summed E-state index contributed by atoms with van der Waals surface area (Å²) in [6.07, 6.45) is 2.49. The van der Waals surface area contributed by atoms with E-state index in [9.17, 15) is 17.6 Å². The maximum absolute atomic E-state index is 14.0. The molecule has 1 aliphatic rings. The molecule has 1 aliphatic heterocycles. The summed E-state index contributed by atoms with van der Waals surface area (Å²) in [6.45, 7) is 6.69. The molecule has 0 spiro atoms. The smallest absolute Gasteiger partial charge is 0.281 e. The van der Waals surface area contributed by atoms with Crippen LogP contribution in [0.4, 0.5) is 10.2 Å². The zero-order valence-corrected chi connectivity index (χ0v) is 21.6. The highest BCUT2D eigenvalue weighted by Gasteiger charge is 2.39. The summed E-state index contributed by atoms with van der Waals surface area (Å²) < 4.78 is 47.5. The van der Waals surface area contributed by atoms with Crippen LogP contribution in [-0.2, 0) is 16.6 Å². The molecule has 1 unspecified atom stereocenters. The van der Waals surface area contributed by atoms with E-state index in [-0.39, 0.29) is 34.2 Å². The van der Waals surface area contributed by atoms with Crippen molar-refractivity contribution in [3.63, 3.8) is 0 Å². The quantitative estimate of drug-likeness (QED) is 0.475. The summed E-state index contributed by atoms with van der Waals surface area (Å²) in [4.78, 5) is 23.5. The fourth-order valence-electron chi connectivity index (χ4n) is 4.42. The minimum absolute atomic E-state index is 0.0699. The summed E-state index contributed by atoms with van der Waals surface area (Å²) in [5.74, 6) is -0.625. The lowest BCUT2D eigenvalue weighted by Crippen LogP contribution is -2.41. The van der Waals surface area contributed by atoms with Crippen molar-refractivity contribution in [2.45, 2.75) is 44.4 Å². The second-order valence-corrected chi connectivity index (χ2v) is 11.4. The van der Waals surface area contributed by atoms with Gasteiger partial charge >= 0.3 is 0 Å². The molecule has 8 nitrogen and oxygen atoms in total. The highest BCUT2D eigenvalue weighted by Crippen LogP contribution is 2.37. The van der Waals surface area contributed by atoms with E-state index in [2.05, 4.69) is 35.5 Å². The molecule has 4 rings (SSSR count). The molecular formula is C25H26ClFN4O4S. The summed E-state index contributed by atoms with van der Waals surface area (Å²) in [7, 11) is -4.35. The van der Waals surface area contributed by atoms with Gasteiger partial charge in [0.05, 0.1) is 10.6 Å². The van der Waals surface area contributed by atoms with E-state index in [1.165, 1.54) is 42.5 Å². The number of nitrogens with zero attached hydrogens (tertiary/aromatic N) is 3. The van der Waals surface area contributed by atoms with E-state index in [1.54, 1.807) is 12.3 Å². The molecule has 0 radical (unpaired) electrons. The molecule has 11 heteroatoms. The van der Waals surface area contributed by atoms with Gasteiger partial charge in [0.15, 0.2) is 5.03 Å². The van der Waals surface area contributed by atoms with Crippen LogP contribution >= 0.6 is 11.6 Å². The van der Waals surface area contributed by atoms with Gasteiger partial charge in [0.1, 0.15) is 18.2 Å². The number of ether oxygens (including phenoxy) is 1. The Hall–Kier alpha value is -3.24. The molecule has 2 aromatic heterocycles. The lowest BCUT2D eigenvalue weighted by atomic mass is 9.97. The van der Waals surface area contributed by atoms with Crippen LogP contribution in [0.15, 0.2) is 59.8 Å². The maximum Gasteiger partial charge on any atom is 0.281 e. The third kappa shape index (κ3) is 5.44. The maximum atomic E-state index is 14.0. The molecule has 1 fully saturated rings. The molecule has 1 saturated heterocycles. The Labute approximate surface area is 214 Å². The lowest BCUT2D eigenvalue weighted by molar-refractivity contribution is 0.0981. The number of anilines is 1. The summed E-state index contributed by atoms with van der Waals surface area (Å²) >= 11 is 6.01. The van der Waals surface area contributed by atoms with Crippen LogP contribution in [0.2, 0.25) is 5.02 Å². The number of amides is 1. The number of carbonyl (C=O) groups is 1. The molecule has 0 bridgehead atoms. The number of aromatic nitrogens is 2. The number of pyridine rings is 2. The Bertz CT molecular complexity index is 1380. The predicted octanol–water partition coefficient (Wildman–Crippen LogP) is 4.59. The third-order valence-corrected chi connectivity index (χ3v) is 7.57. The molecule has 190 valence electrons. The van der Waals surface area contributed by atoms with Crippen LogP contribution in [0.5, 0.6) is 5.88 Å². The Morgan fingerprint density at radius 2 is 1.97 bits per heavy atom. The average molecular weight is 533 g/mol. The lowest BCUT2D eigenvalue weighted by Gasteiger charge is -2.33. The van der Waals surface area contributed by atoms with Crippen LogP contribution < -0.4 is 14.4 Å². The molecule has 1 aromatic carbocycles. The highest BCUT2D eigenvalue weighted by atomic mass is 35.5. The Balaban J connectivity index is 1.54. The van der Waals surface area contributed by atoms with Gasteiger partial charge in [0, 0.05) is 29.9 Å². The molecule has 0 aliphatic carbocycles. The first-order valence-electron chi connectivity index (χ1n) is 11.3. The van der Waals surface area contributed by atoms with E-state index < -0.39 is 26.8 Å². The SMILES string of the molecule is CC1CN(c2ncccc2C(=O)NS(=O)(=O)c2cccc(OCc3c(F)cccc3Cl)n2)C(C)(C)C1. The van der Waals surface area contributed by atoms with Crippen LogP contribution in [0.3, 0.4) is 0 Å². The van der Waals surface area contributed by atoms with Crippen molar-refractivity contribution in [3.8, 4) is 5.88 Å². The van der Waals surface area contributed by atoms with Gasteiger partial charge in [0.25, 0.3) is 15.9 Å². The number of carbonyl (C=O) groups excluding carboxylic acids is 1. The van der Waals surface area contributed by atoms with Gasteiger partial charge in [-0.15, -0.1) is 0 Å². The molecule has 36 heavy (non-hydrogen) atoms. The number of nitrogens with one attached hydrogen (secondary N) is 1. The number of benzene rings is 1. The number of rotatable bonds is 7. The van der Waals surface area contributed by atoms with Crippen molar-refractivity contribution in [2.75, 3.05) is 11.4 Å². The van der Waals surface area contributed by atoms with Gasteiger partial charge in [-0.1, -0.05) is 30.7 Å². The fraction of sp³-hybridized carbons (Fsp3) is 0.320. The van der Waals surface area contributed by atoms with Crippen LogP contribution in [0.1, 0.15) is 43.1 Å². The van der Waals surface area contributed by atoms with Crippen LogP contribution in [0.25, 0.3) is 0 Å². The van der Waals surface area contributed by atoms with Crippen molar-refractivity contribution >= 4 is 33.3 Å². The first-order valence-corrected chi connectivity index (χ1v) is 13.2. The fourth-order valence-corrected chi connectivity index (χ4v) is 5.56. The monoisotopic (exact) mass is 532 g/mol. The zero-order valence-electron chi connectivity index (χ0n) is 20.0. The molecule has 3 heterocycles. The normalized spacial score (nSPS) is 17.1. The molecular weight excluding hydrogens is 507 g/mol. The standard InChI is InChI=1S/C25H26ClFN4O4S/c1-16-13-25(2,3)31(14-16)23-17(7-6-12-28-23)24(32)30-36(33,34)22-11-5-10-21(29-22)35-15-18-19(26)8-4-9-20(18)27/h4-12,16H,13-15H2,1-3H3,(H,30,32). The minimum Gasteiger partial charge on any atom is -0.473 e. The Morgan fingerprint density at radius 3 is 2.67 bits per heavy atom. The third-order valence-electron chi connectivity index (χ3n) is 5.99. The van der Waals surface area contributed by atoms with Crippen molar-refractivity contribution in [1.82, 2.24) is 14.7 Å². The molecule has 1 atom stereocenters. The van der Waals surface area contributed by atoms with Crippen molar-refractivity contribution in [3.05, 3.63) is 76.7 Å². The van der Waals surface area contributed by atoms with E-state index in [0.29, 0.717) is 18.3 Å². The first kappa shape index (κ1) is 25.8. The second-order valence-electron chi connectivity index (χ2n) is 9.34. The number of hydrogen-bond acceptors (Lipinski definition) is 7. The van der Waals surface area contributed by atoms with Gasteiger partial charge in [-0.3, -0.25) is 4.79 Å². The summed E-state index contributed by atoms with van der Waals surface area (Å²) in [6, 6.07) is 11.4. The number of halogens is 2. The second kappa shape index (κ2) is 10.0. The van der Waals surface area contributed by atoms with Crippen molar-refractivity contribution < 1.29 is 22.3 Å². The number of hydrogen-bond donors (Lipinski definition) is 1. The van der Waals surface area contributed by atoms with E-state index in [1.807, 2.05) is 4.90 Å².